The highest BCUT2D eigenvalue weighted by Crippen LogP contribution is 2.45. The molecule has 0 bridgehead atoms. The van der Waals surface area contributed by atoms with Crippen molar-refractivity contribution in [2.24, 2.45) is 0 Å². The molecule has 1 saturated heterocycles. The van der Waals surface area contributed by atoms with Gasteiger partial charge in [-0.1, -0.05) is 18.2 Å². The molecule has 2 aromatic carbocycles. The van der Waals surface area contributed by atoms with E-state index in [1.165, 1.54) is 46.0 Å². The van der Waals surface area contributed by atoms with Crippen molar-refractivity contribution in [3.05, 3.63) is 70.4 Å². The van der Waals surface area contributed by atoms with Crippen LogP contribution < -0.4 is 0 Å². The van der Waals surface area contributed by atoms with Gasteiger partial charge in [-0.3, -0.25) is 4.90 Å². The number of aromatic carboxylic acids is 1. The zero-order valence-corrected chi connectivity index (χ0v) is 18.9. The van der Waals surface area contributed by atoms with E-state index >= 15 is 0 Å². The fourth-order valence-electron chi connectivity index (χ4n) is 5.39. The van der Waals surface area contributed by atoms with Crippen LogP contribution in [0.2, 0.25) is 0 Å². The summed E-state index contributed by atoms with van der Waals surface area (Å²) in [6, 6.07) is 12.3. The molecule has 1 saturated carbocycles. The lowest BCUT2D eigenvalue weighted by Crippen LogP contribution is -2.39. The maximum absolute atomic E-state index is 11.3. The molecule has 2 heterocycles. The Hall–Kier alpha value is -2.63. The van der Waals surface area contributed by atoms with Gasteiger partial charge < -0.3 is 14.8 Å². The Morgan fingerprint density at radius 2 is 1.97 bits per heavy atom. The summed E-state index contributed by atoms with van der Waals surface area (Å²) >= 11 is 0. The van der Waals surface area contributed by atoms with Gasteiger partial charge in [0.05, 0.1) is 11.7 Å². The van der Waals surface area contributed by atoms with Gasteiger partial charge in [-0.15, -0.1) is 0 Å². The van der Waals surface area contributed by atoms with Crippen molar-refractivity contribution < 1.29 is 14.6 Å². The van der Waals surface area contributed by atoms with Crippen molar-refractivity contribution in [3.63, 3.8) is 0 Å². The Morgan fingerprint density at radius 1 is 1.19 bits per heavy atom. The molecule has 1 aromatic heterocycles. The molecule has 32 heavy (non-hydrogen) atoms. The highest BCUT2D eigenvalue weighted by Gasteiger charge is 2.33. The number of hydrogen-bond donors (Lipinski definition) is 2. The predicted molar refractivity (Wildman–Crippen MR) is 126 cm³/mol. The first-order valence-electron chi connectivity index (χ1n) is 11.8. The number of aromatic nitrogens is 1. The number of hydrogen-bond acceptors (Lipinski definition) is 3. The number of carbonyl (C=O) groups is 1. The maximum Gasteiger partial charge on any atom is 0.335 e. The lowest BCUT2D eigenvalue weighted by atomic mass is 9.90. The summed E-state index contributed by atoms with van der Waals surface area (Å²) in [4.78, 5) is 17.4. The Bertz CT molecular complexity index is 1110. The molecule has 0 amide bonds. The number of piperidine rings is 1. The van der Waals surface area contributed by atoms with E-state index in [1.54, 1.807) is 12.1 Å². The van der Waals surface area contributed by atoms with E-state index in [4.69, 9.17) is 4.74 Å². The zero-order chi connectivity index (χ0) is 22.2. The van der Waals surface area contributed by atoms with Crippen LogP contribution in [0.3, 0.4) is 0 Å². The molecule has 1 unspecified atom stereocenters. The van der Waals surface area contributed by atoms with Gasteiger partial charge in [-0.05, 0) is 85.9 Å². The van der Waals surface area contributed by atoms with Crippen LogP contribution >= 0.6 is 0 Å². The van der Waals surface area contributed by atoms with E-state index in [1.807, 2.05) is 12.1 Å². The van der Waals surface area contributed by atoms with E-state index in [0.29, 0.717) is 11.5 Å². The maximum atomic E-state index is 11.3. The standard InChI is InChI=1S/C27H32N2O3/c1-3-32-21-11-13-29(25(15-21)19-6-8-20(9-7-19)27(30)31)16-24-22-10-12-28-26(22)17(2)14-23(24)18-4-5-18/h6-10,12,14,18,21,25,28H,3-5,11,13,15-16H2,1-2H3,(H,30,31)/t21?,25-/m0/s1. The summed E-state index contributed by atoms with van der Waals surface area (Å²) in [5.41, 5.74) is 7.05. The number of H-pyrrole nitrogens is 1. The molecule has 1 aliphatic heterocycles. The fourth-order valence-corrected chi connectivity index (χ4v) is 5.39. The lowest BCUT2D eigenvalue weighted by Gasteiger charge is -2.40. The van der Waals surface area contributed by atoms with Crippen molar-refractivity contribution in [2.45, 2.75) is 64.1 Å². The van der Waals surface area contributed by atoms with Gasteiger partial charge in [-0.2, -0.15) is 0 Å². The molecule has 0 radical (unpaired) electrons. The van der Waals surface area contributed by atoms with Gasteiger partial charge in [0.1, 0.15) is 0 Å². The molecule has 5 rings (SSSR count). The summed E-state index contributed by atoms with van der Waals surface area (Å²) < 4.78 is 6.01. The van der Waals surface area contributed by atoms with Crippen molar-refractivity contribution in [3.8, 4) is 0 Å². The van der Waals surface area contributed by atoms with Crippen LogP contribution in [-0.2, 0) is 11.3 Å². The minimum absolute atomic E-state index is 0.213. The third-order valence-corrected chi connectivity index (χ3v) is 7.18. The molecule has 3 aromatic rings. The van der Waals surface area contributed by atoms with Crippen LogP contribution in [-0.4, -0.2) is 40.2 Å². The molecule has 2 aliphatic rings. The molecule has 0 spiro atoms. The van der Waals surface area contributed by atoms with Crippen molar-refractivity contribution in [1.29, 1.82) is 0 Å². The molecular formula is C27H32N2O3. The van der Waals surface area contributed by atoms with Gasteiger partial charge in [0.25, 0.3) is 0 Å². The SMILES string of the molecule is CCOC1CCN(Cc2c(C3CC3)cc(C)c3[nH]ccc23)[C@H](c2ccc(C(=O)O)cc2)C1. The van der Waals surface area contributed by atoms with Crippen LogP contribution in [0.5, 0.6) is 0 Å². The second-order valence-corrected chi connectivity index (χ2v) is 9.32. The average molecular weight is 433 g/mol. The van der Waals surface area contributed by atoms with Crippen molar-refractivity contribution in [1.82, 2.24) is 9.88 Å². The Balaban J connectivity index is 1.50. The first-order chi connectivity index (χ1) is 15.5. The van der Waals surface area contributed by atoms with Crippen LogP contribution in [0.4, 0.5) is 0 Å². The van der Waals surface area contributed by atoms with Crippen LogP contribution in [0.1, 0.15) is 77.2 Å². The number of aromatic amines is 1. The third-order valence-electron chi connectivity index (χ3n) is 7.18. The monoisotopic (exact) mass is 432 g/mol. The van der Waals surface area contributed by atoms with Gasteiger partial charge in [0.15, 0.2) is 0 Å². The Morgan fingerprint density at radius 3 is 2.66 bits per heavy atom. The van der Waals surface area contributed by atoms with Crippen LogP contribution in [0.25, 0.3) is 10.9 Å². The highest BCUT2D eigenvalue weighted by atomic mass is 16.5. The number of aryl methyl sites for hydroxylation is 1. The summed E-state index contributed by atoms with van der Waals surface area (Å²) in [6.45, 7) is 6.86. The first-order valence-corrected chi connectivity index (χ1v) is 11.8. The smallest absolute Gasteiger partial charge is 0.335 e. The minimum atomic E-state index is -0.882. The Labute approximate surface area is 189 Å². The quantitative estimate of drug-likeness (QED) is 0.496. The van der Waals surface area contributed by atoms with Crippen LogP contribution in [0, 0.1) is 6.92 Å². The summed E-state index contributed by atoms with van der Waals surface area (Å²) in [7, 11) is 0. The number of nitrogens with one attached hydrogen (secondary N) is 1. The fraction of sp³-hybridized carbons (Fsp3) is 0.444. The molecule has 168 valence electrons. The lowest BCUT2D eigenvalue weighted by molar-refractivity contribution is -0.0137. The molecule has 5 heteroatoms. The molecule has 1 aliphatic carbocycles. The van der Waals surface area contributed by atoms with E-state index in [0.717, 1.165) is 32.5 Å². The van der Waals surface area contributed by atoms with Gasteiger partial charge >= 0.3 is 5.97 Å². The van der Waals surface area contributed by atoms with Crippen LogP contribution in [0.15, 0.2) is 42.6 Å². The van der Waals surface area contributed by atoms with Gasteiger partial charge in [0.2, 0.25) is 0 Å². The van der Waals surface area contributed by atoms with E-state index in [-0.39, 0.29) is 12.1 Å². The molecule has 2 N–H and O–H groups in total. The van der Waals surface area contributed by atoms with Crippen molar-refractivity contribution >= 4 is 16.9 Å². The summed E-state index contributed by atoms with van der Waals surface area (Å²) in [6.07, 6.45) is 6.83. The molecule has 2 fully saturated rings. The van der Waals surface area contributed by atoms with E-state index in [9.17, 15) is 9.90 Å². The number of nitrogens with zero attached hydrogens (tertiary/aromatic N) is 1. The number of carboxylic acid groups (broad SMARTS) is 1. The molecular weight excluding hydrogens is 400 g/mol. The largest absolute Gasteiger partial charge is 0.478 e. The first kappa shape index (κ1) is 21.2. The van der Waals surface area contributed by atoms with Crippen molar-refractivity contribution in [2.75, 3.05) is 13.2 Å². The number of ether oxygens (including phenoxy) is 1. The normalized spacial score (nSPS) is 21.8. The number of benzene rings is 2. The molecule has 5 nitrogen and oxygen atoms in total. The Kier molecular flexibility index (Phi) is 5.78. The minimum Gasteiger partial charge on any atom is -0.478 e. The third kappa shape index (κ3) is 4.07. The number of fused-ring (bicyclic) bond motifs is 1. The molecule has 2 atom stereocenters. The highest BCUT2D eigenvalue weighted by molar-refractivity contribution is 5.88. The topological polar surface area (TPSA) is 65.6 Å². The predicted octanol–water partition coefficient (Wildman–Crippen LogP) is 5.79. The number of likely N-dealkylation sites (tertiary alicyclic amines) is 1. The summed E-state index contributed by atoms with van der Waals surface area (Å²) in [5, 5.41) is 10.6. The zero-order valence-electron chi connectivity index (χ0n) is 18.9. The summed E-state index contributed by atoms with van der Waals surface area (Å²) in [5.74, 6) is -0.190. The van der Waals surface area contributed by atoms with Gasteiger partial charge in [-0.25, -0.2) is 4.79 Å². The van der Waals surface area contributed by atoms with E-state index < -0.39 is 5.97 Å². The number of carboxylic acids is 1. The second kappa shape index (κ2) is 8.72. The van der Waals surface area contributed by atoms with Gasteiger partial charge in [0, 0.05) is 42.8 Å². The van der Waals surface area contributed by atoms with E-state index in [2.05, 4.69) is 42.1 Å². The number of rotatable bonds is 7. The second-order valence-electron chi connectivity index (χ2n) is 9.32. The average Bonchev–Trinajstić information content (AvgIpc) is 3.52.